The molecule has 1 aromatic carbocycles. The van der Waals surface area contributed by atoms with E-state index in [1.807, 2.05) is 5.38 Å². The van der Waals surface area contributed by atoms with Gasteiger partial charge in [-0.1, -0.05) is 17.7 Å². The number of carbonyl (C=O) groups is 3. The van der Waals surface area contributed by atoms with Crippen molar-refractivity contribution in [1.82, 2.24) is 15.6 Å². The molecule has 3 rings (SSSR count). The number of hydrogen-bond acceptors (Lipinski definition) is 5. The summed E-state index contributed by atoms with van der Waals surface area (Å²) in [4.78, 5) is 40.7. The minimum Gasteiger partial charge on any atom is -0.350 e. The third kappa shape index (κ3) is 5.63. The highest BCUT2D eigenvalue weighted by atomic mass is 35.5. The van der Waals surface area contributed by atoms with E-state index in [-0.39, 0.29) is 28.4 Å². The number of pyridine rings is 1. The van der Waals surface area contributed by atoms with Crippen LogP contribution >= 0.6 is 22.9 Å². The Labute approximate surface area is 176 Å². The smallest absolute Gasteiger partial charge is 0.261 e. The van der Waals surface area contributed by atoms with Gasteiger partial charge in [0.2, 0.25) is 0 Å². The lowest BCUT2D eigenvalue weighted by Crippen LogP contribution is -2.34. The Morgan fingerprint density at radius 2 is 1.62 bits per heavy atom. The molecule has 29 heavy (non-hydrogen) atoms. The first kappa shape index (κ1) is 20.5. The molecule has 0 aliphatic rings. The molecule has 0 atom stereocenters. The highest BCUT2D eigenvalue weighted by Crippen LogP contribution is 2.15. The fourth-order valence-electron chi connectivity index (χ4n) is 2.41. The highest BCUT2D eigenvalue weighted by molar-refractivity contribution is 7.12. The monoisotopic (exact) mass is 428 g/mol. The van der Waals surface area contributed by atoms with Gasteiger partial charge in [0, 0.05) is 30.5 Å². The molecule has 9 heteroatoms. The van der Waals surface area contributed by atoms with Crippen LogP contribution in [0, 0.1) is 0 Å². The van der Waals surface area contributed by atoms with Gasteiger partial charge in [-0.05, 0) is 47.8 Å². The van der Waals surface area contributed by atoms with Gasteiger partial charge < -0.3 is 16.0 Å². The van der Waals surface area contributed by atoms with Crippen molar-refractivity contribution in [2.75, 3.05) is 18.4 Å². The van der Waals surface area contributed by atoms with E-state index in [2.05, 4.69) is 20.9 Å². The first-order valence-corrected chi connectivity index (χ1v) is 9.92. The number of rotatable bonds is 7. The largest absolute Gasteiger partial charge is 0.350 e. The molecule has 0 aliphatic carbocycles. The molecule has 0 fully saturated rings. The van der Waals surface area contributed by atoms with Crippen LogP contribution in [-0.2, 0) is 0 Å². The molecule has 0 spiro atoms. The predicted molar refractivity (Wildman–Crippen MR) is 113 cm³/mol. The second-order valence-electron chi connectivity index (χ2n) is 5.86. The zero-order valence-electron chi connectivity index (χ0n) is 15.1. The summed E-state index contributed by atoms with van der Waals surface area (Å²) in [7, 11) is 0. The Balaban J connectivity index is 1.46. The summed E-state index contributed by atoms with van der Waals surface area (Å²) >= 11 is 7.27. The number of carbonyl (C=O) groups excluding carboxylic acids is 3. The van der Waals surface area contributed by atoms with Gasteiger partial charge in [0.1, 0.15) is 5.15 Å². The Morgan fingerprint density at radius 3 is 2.28 bits per heavy atom. The molecular weight excluding hydrogens is 412 g/mol. The maximum absolute atomic E-state index is 12.2. The molecule has 3 N–H and O–H groups in total. The van der Waals surface area contributed by atoms with Crippen molar-refractivity contribution in [2.45, 2.75) is 0 Å². The first-order chi connectivity index (χ1) is 14.0. The van der Waals surface area contributed by atoms with Gasteiger partial charge in [-0.25, -0.2) is 4.98 Å². The number of amides is 3. The van der Waals surface area contributed by atoms with Crippen LogP contribution in [0.25, 0.3) is 0 Å². The molecule has 2 heterocycles. The van der Waals surface area contributed by atoms with Gasteiger partial charge in [-0.15, -0.1) is 11.3 Å². The number of anilines is 1. The molecule has 0 bridgehead atoms. The van der Waals surface area contributed by atoms with Crippen LogP contribution in [0.1, 0.15) is 30.4 Å². The van der Waals surface area contributed by atoms with Crippen LogP contribution in [0.3, 0.4) is 0 Å². The number of hydrogen-bond donors (Lipinski definition) is 3. The van der Waals surface area contributed by atoms with E-state index in [1.54, 1.807) is 48.5 Å². The summed E-state index contributed by atoms with van der Waals surface area (Å²) in [5.74, 6) is -0.826. The summed E-state index contributed by atoms with van der Waals surface area (Å²) in [6.45, 7) is 0.621. The summed E-state index contributed by atoms with van der Waals surface area (Å²) in [6, 6.07) is 13.2. The number of aromatic nitrogens is 1. The van der Waals surface area contributed by atoms with E-state index in [1.165, 1.54) is 17.5 Å². The molecule has 3 aromatic rings. The maximum Gasteiger partial charge on any atom is 0.261 e. The highest BCUT2D eigenvalue weighted by Gasteiger charge is 2.12. The van der Waals surface area contributed by atoms with Crippen molar-refractivity contribution in [3.05, 3.63) is 81.3 Å². The average molecular weight is 429 g/mol. The first-order valence-electron chi connectivity index (χ1n) is 8.66. The second kappa shape index (κ2) is 9.81. The van der Waals surface area contributed by atoms with Crippen LogP contribution in [0.2, 0.25) is 5.15 Å². The molecule has 0 radical (unpaired) electrons. The normalized spacial score (nSPS) is 10.2. The topological polar surface area (TPSA) is 100 Å². The molecule has 3 amide bonds. The lowest BCUT2D eigenvalue weighted by Gasteiger charge is -2.08. The molecule has 7 nitrogen and oxygen atoms in total. The summed E-state index contributed by atoms with van der Waals surface area (Å²) in [6.07, 6.45) is 1.50. The van der Waals surface area contributed by atoms with Crippen LogP contribution in [0.15, 0.2) is 60.1 Å². The summed E-state index contributed by atoms with van der Waals surface area (Å²) in [5.41, 5.74) is 1.22. The number of benzene rings is 1. The zero-order chi connectivity index (χ0) is 20.6. The Bertz CT molecular complexity index is 1010. The lowest BCUT2D eigenvalue weighted by molar-refractivity contribution is 0.0929. The molecule has 0 saturated carbocycles. The number of nitrogens with one attached hydrogen (secondary N) is 3. The van der Waals surface area contributed by atoms with Gasteiger partial charge in [0.15, 0.2) is 0 Å². The minimum atomic E-state index is -0.387. The third-order valence-corrected chi connectivity index (χ3v) is 5.02. The van der Waals surface area contributed by atoms with Crippen molar-refractivity contribution in [3.8, 4) is 0 Å². The second-order valence-corrected chi connectivity index (χ2v) is 7.17. The van der Waals surface area contributed by atoms with Crippen molar-refractivity contribution in [3.63, 3.8) is 0 Å². The molecule has 0 saturated heterocycles. The molecule has 0 unspecified atom stereocenters. The third-order valence-electron chi connectivity index (χ3n) is 3.85. The molecule has 2 aromatic heterocycles. The Kier molecular flexibility index (Phi) is 6.94. The van der Waals surface area contributed by atoms with Crippen LogP contribution < -0.4 is 16.0 Å². The van der Waals surface area contributed by atoms with Crippen LogP contribution in [0.4, 0.5) is 5.69 Å². The van der Waals surface area contributed by atoms with Gasteiger partial charge in [-0.2, -0.15) is 0 Å². The summed E-state index contributed by atoms with van der Waals surface area (Å²) < 4.78 is 0. The lowest BCUT2D eigenvalue weighted by atomic mass is 10.2. The quantitative estimate of drug-likeness (QED) is 0.397. The van der Waals surface area contributed by atoms with Gasteiger partial charge >= 0.3 is 0 Å². The van der Waals surface area contributed by atoms with Gasteiger partial charge in [0.25, 0.3) is 17.7 Å². The van der Waals surface area contributed by atoms with Crippen molar-refractivity contribution in [2.24, 2.45) is 0 Å². The molecule has 148 valence electrons. The Morgan fingerprint density at radius 1 is 0.897 bits per heavy atom. The van der Waals surface area contributed by atoms with Crippen molar-refractivity contribution in [1.29, 1.82) is 0 Å². The minimum absolute atomic E-state index is 0.118. The van der Waals surface area contributed by atoms with Crippen molar-refractivity contribution >= 4 is 46.3 Å². The Hall–Kier alpha value is -3.23. The fourth-order valence-corrected chi connectivity index (χ4v) is 3.25. The SMILES string of the molecule is O=C(NCCNC(=O)c1cccs1)c1ccc(NC(=O)c2cccnc2Cl)cc1. The molecule has 0 aliphatic heterocycles. The van der Waals surface area contributed by atoms with E-state index in [9.17, 15) is 14.4 Å². The van der Waals surface area contributed by atoms with E-state index in [0.29, 0.717) is 29.2 Å². The number of halogens is 1. The number of nitrogens with zero attached hydrogens (tertiary/aromatic N) is 1. The zero-order valence-corrected chi connectivity index (χ0v) is 16.7. The number of thiophene rings is 1. The van der Waals surface area contributed by atoms with Gasteiger partial charge in [0.05, 0.1) is 10.4 Å². The van der Waals surface area contributed by atoms with Gasteiger partial charge in [-0.3, -0.25) is 14.4 Å². The van der Waals surface area contributed by atoms with Crippen LogP contribution in [-0.4, -0.2) is 35.8 Å². The van der Waals surface area contributed by atoms with E-state index in [4.69, 9.17) is 11.6 Å². The van der Waals surface area contributed by atoms with Crippen LogP contribution in [0.5, 0.6) is 0 Å². The van der Waals surface area contributed by atoms with E-state index < -0.39 is 0 Å². The van der Waals surface area contributed by atoms with E-state index in [0.717, 1.165) is 0 Å². The van der Waals surface area contributed by atoms with Crippen molar-refractivity contribution < 1.29 is 14.4 Å². The predicted octanol–water partition coefficient (Wildman–Crippen LogP) is 3.21. The van der Waals surface area contributed by atoms with E-state index >= 15 is 0 Å². The fraction of sp³-hybridized carbons (Fsp3) is 0.100. The molecular formula is C20H17ClN4O3S. The standard InChI is InChI=1S/C20H17ClN4O3S/c21-17-15(3-1-9-22-17)19(27)25-14-7-5-13(6-8-14)18(26)23-10-11-24-20(28)16-4-2-12-29-16/h1-9,12H,10-11H2,(H,23,26)(H,24,28)(H,25,27). The maximum atomic E-state index is 12.2. The summed E-state index contributed by atoms with van der Waals surface area (Å²) in [5, 5.41) is 10.1. The average Bonchev–Trinajstić information content (AvgIpc) is 3.27.